The summed E-state index contributed by atoms with van der Waals surface area (Å²) in [7, 11) is 0. The zero-order valence-corrected chi connectivity index (χ0v) is 14.4. The molecule has 1 fully saturated rings. The van der Waals surface area contributed by atoms with E-state index in [1.807, 2.05) is 43.1 Å². The molecule has 1 saturated heterocycles. The minimum absolute atomic E-state index is 0.143. The lowest BCUT2D eigenvalue weighted by Crippen LogP contribution is -2.37. The standard InChI is InChI=1S/C18H23N5O/c1-12-9-13(2)21-18(20-12)22-16-6-7-17(19-10-16)15-5-4-8-23(11-15)14(3)24/h6-7,9-10,15H,4-5,8,11H2,1-3H3,(H,20,21,22)/t15-/m0/s1. The van der Waals surface area contributed by atoms with E-state index in [0.29, 0.717) is 11.9 Å². The number of amides is 1. The van der Waals surface area contributed by atoms with E-state index in [0.717, 1.165) is 48.7 Å². The average molecular weight is 325 g/mol. The van der Waals surface area contributed by atoms with Crippen LogP contribution in [0, 0.1) is 13.8 Å². The van der Waals surface area contributed by atoms with E-state index < -0.39 is 0 Å². The van der Waals surface area contributed by atoms with E-state index in [-0.39, 0.29) is 5.91 Å². The van der Waals surface area contributed by atoms with Crippen molar-refractivity contribution in [3.8, 4) is 0 Å². The molecule has 6 nitrogen and oxygen atoms in total. The summed E-state index contributed by atoms with van der Waals surface area (Å²) in [4.78, 5) is 26.8. The fourth-order valence-electron chi connectivity index (χ4n) is 3.14. The van der Waals surface area contributed by atoms with Crippen molar-refractivity contribution < 1.29 is 4.79 Å². The van der Waals surface area contributed by atoms with Crippen molar-refractivity contribution in [1.29, 1.82) is 0 Å². The topological polar surface area (TPSA) is 71.0 Å². The summed E-state index contributed by atoms with van der Waals surface area (Å²) in [6.45, 7) is 7.15. The Labute approximate surface area is 142 Å². The molecule has 1 amide bonds. The molecule has 0 spiro atoms. The third-order valence-corrected chi connectivity index (χ3v) is 4.31. The summed E-state index contributed by atoms with van der Waals surface area (Å²) >= 11 is 0. The Morgan fingerprint density at radius 3 is 2.62 bits per heavy atom. The number of aromatic nitrogens is 3. The van der Waals surface area contributed by atoms with Crippen LogP contribution in [0.3, 0.4) is 0 Å². The number of hydrogen-bond donors (Lipinski definition) is 1. The third kappa shape index (κ3) is 3.88. The number of piperidine rings is 1. The SMILES string of the molecule is CC(=O)N1CCC[C@H](c2ccc(Nc3nc(C)cc(C)n3)cn2)C1. The number of rotatable bonds is 3. The molecule has 6 heteroatoms. The van der Waals surface area contributed by atoms with Gasteiger partial charge in [0.15, 0.2) is 0 Å². The highest BCUT2D eigenvalue weighted by Crippen LogP contribution is 2.26. The van der Waals surface area contributed by atoms with Gasteiger partial charge in [0.2, 0.25) is 11.9 Å². The molecule has 24 heavy (non-hydrogen) atoms. The summed E-state index contributed by atoms with van der Waals surface area (Å²) < 4.78 is 0. The first kappa shape index (κ1) is 16.4. The number of carbonyl (C=O) groups is 1. The maximum atomic E-state index is 11.6. The van der Waals surface area contributed by atoms with Crippen LogP contribution in [0.4, 0.5) is 11.6 Å². The van der Waals surface area contributed by atoms with Crippen molar-refractivity contribution in [2.24, 2.45) is 0 Å². The molecule has 1 atom stereocenters. The summed E-state index contributed by atoms with van der Waals surface area (Å²) in [5.41, 5.74) is 3.76. The minimum Gasteiger partial charge on any atom is -0.342 e. The first-order valence-electron chi connectivity index (χ1n) is 8.32. The fourth-order valence-corrected chi connectivity index (χ4v) is 3.14. The van der Waals surface area contributed by atoms with Gasteiger partial charge in [0.05, 0.1) is 11.9 Å². The number of likely N-dealkylation sites (tertiary alicyclic amines) is 1. The Hall–Kier alpha value is -2.50. The van der Waals surface area contributed by atoms with Gasteiger partial charge in [0, 0.05) is 43.0 Å². The van der Waals surface area contributed by atoms with E-state index >= 15 is 0 Å². The molecular weight excluding hydrogens is 302 g/mol. The van der Waals surface area contributed by atoms with Crippen LogP contribution < -0.4 is 5.32 Å². The Balaban J connectivity index is 1.70. The summed E-state index contributed by atoms with van der Waals surface area (Å²) in [5, 5.41) is 3.19. The van der Waals surface area contributed by atoms with Crippen LogP contribution in [-0.2, 0) is 4.79 Å². The van der Waals surface area contributed by atoms with Crippen LogP contribution in [0.15, 0.2) is 24.4 Å². The molecular formula is C18H23N5O. The first-order valence-corrected chi connectivity index (χ1v) is 8.32. The number of pyridine rings is 1. The molecule has 3 heterocycles. The van der Waals surface area contributed by atoms with Gasteiger partial charge in [-0.2, -0.15) is 0 Å². The van der Waals surface area contributed by atoms with Crippen LogP contribution >= 0.6 is 0 Å². The summed E-state index contributed by atoms with van der Waals surface area (Å²) in [6, 6.07) is 5.96. The number of nitrogens with one attached hydrogen (secondary N) is 1. The second-order valence-corrected chi connectivity index (χ2v) is 6.38. The van der Waals surface area contributed by atoms with Gasteiger partial charge in [-0.1, -0.05) is 0 Å². The normalized spacial score (nSPS) is 17.6. The van der Waals surface area contributed by atoms with E-state index in [9.17, 15) is 4.79 Å². The Kier molecular flexibility index (Phi) is 4.74. The monoisotopic (exact) mass is 325 g/mol. The zero-order valence-electron chi connectivity index (χ0n) is 14.4. The number of anilines is 2. The smallest absolute Gasteiger partial charge is 0.227 e. The molecule has 0 saturated carbocycles. The third-order valence-electron chi connectivity index (χ3n) is 4.31. The van der Waals surface area contributed by atoms with Crippen LogP contribution in [0.1, 0.15) is 42.8 Å². The molecule has 1 aliphatic heterocycles. The first-order chi connectivity index (χ1) is 11.5. The van der Waals surface area contributed by atoms with Crippen molar-refractivity contribution in [3.63, 3.8) is 0 Å². The van der Waals surface area contributed by atoms with Gasteiger partial charge in [0.25, 0.3) is 0 Å². The van der Waals surface area contributed by atoms with Crippen molar-refractivity contribution in [2.45, 2.75) is 39.5 Å². The maximum absolute atomic E-state index is 11.6. The van der Waals surface area contributed by atoms with Gasteiger partial charge in [-0.3, -0.25) is 9.78 Å². The summed E-state index contributed by atoms with van der Waals surface area (Å²) in [5.74, 6) is 1.04. The molecule has 2 aromatic heterocycles. The van der Waals surface area contributed by atoms with Crippen LogP contribution in [-0.4, -0.2) is 38.8 Å². The summed E-state index contributed by atoms with van der Waals surface area (Å²) in [6.07, 6.45) is 3.91. The van der Waals surface area contributed by atoms with E-state index in [1.54, 1.807) is 6.92 Å². The fraction of sp³-hybridized carbons (Fsp3) is 0.444. The maximum Gasteiger partial charge on any atom is 0.227 e. The Morgan fingerprint density at radius 1 is 1.25 bits per heavy atom. The highest BCUT2D eigenvalue weighted by molar-refractivity contribution is 5.73. The predicted octanol–water partition coefficient (Wildman–Crippen LogP) is 2.96. The molecule has 1 aliphatic rings. The minimum atomic E-state index is 0.143. The molecule has 1 N–H and O–H groups in total. The van der Waals surface area contributed by atoms with Crippen molar-refractivity contribution in [2.75, 3.05) is 18.4 Å². The average Bonchev–Trinajstić information content (AvgIpc) is 2.54. The van der Waals surface area contributed by atoms with Crippen LogP contribution in [0.5, 0.6) is 0 Å². The second kappa shape index (κ2) is 6.95. The molecule has 0 aromatic carbocycles. The van der Waals surface area contributed by atoms with Gasteiger partial charge >= 0.3 is 0 Å². The lowest BCUT2D eigenvalue weighted by molar-refractivity contribution is -0.130. The van der Waals surface area contributed by atoms with Gasteiger partial charge in [-0.15, -0.1) is 0 Å². The molecule has 126 valence electrons. The van der Waals surface area contributed by atoms with Gasteiger partial charge in [-0.25, -0.2) is 9.97 Å². The van der Waals surface area contributed by atoms with Crippen LogP contribution in [0.2, 0.25) is 0 Å². The van der Waals surface area contributed by atoms with E-state index in [1.165, 1.54) is 0 Å². The number of hydrogen-bond acceptors (Lipinski definition) is 5. The second-order valence-electron chi connectivity index (χ2n) is 6.38. The van der Waals surface area contributed by atoms with Crippen molar-refractivity contribution in [3.05, 3.63) is 41.5 Å². The quantitative estimate of drug-likeness (QED) is 0.939. The largest absolute Gasteiger partial charge is 0.342 e. The predicted molar refractivity (Wildman–Crippen MR) is 93.3 cm³/mol. The highest BCUT2D eigenvalue weighted by atomic mass is 16.2. The van der Waals surface area contributed by atoms with E-state index in [2.05, 4.69) is 20.3 Å². The Morgan fingerprint density at radius 2 is 2.00 bits per heavy atom. The number of aryl methyl sites for hydroxylation is 2. The number of carbonyl (C=O) groups excluding carboxylic acids is 1. The van der Waals surface area contributed by atoms with Crippen LogP contribution in [0.25, 0.3) is 0 Å². The van der Waals surface area contributed by atoms with Crippen molar-refractivity contribution in [1.82, 2.24) is 19.9 Å². The highest BCUT2D eigenvalue weighted by Gasteiger charge is 2.23. The lowest BCUT2D eigenvalue weighted by atomic mass is 9.94. The van der Waals surface area contributed by atoms with Crippen molar-refractivity contribution >= 4 is 17.5 Å². The van der Waals surface area contributed by atoms with Gasteiger partial charge in [-0.05, 0) is 44.9 Å². The molecule has 0 aliphatic carbocycles. The zero-order chi connectivity index (χ0) is 17.1. The molecule has 0 radical (unpaired) electrons. The number of nitrogens with zero attached hydrogens (tertiary/aromatic N) is 4. The lowest BCUT2D eigenvalue weighted by Gasteiger charge is -2.31. The van der Waals surface area contributed by atoms with Gasteiger partial charge < -0.3 is 10.2 Å². The van der Waals surface area contributed by atoms with E-state index in [4.69, 9.17) is 0 Å². The molecule has 2 aromatic rings. The van der Waals surface area contributed by atoms with Gasteiger partial charge in [0.1, 0.15) is 0 Å². The molecule has 0 unspecified atom stereocenters. The molecule has 3 rings (SSSR count). The Bertz CT molecular complexity index is 708. The molecule has 0 bridgehead atoms.